The van der Waals surface area contributed by atoms with Crippen LogP contribution in [0.15, 0.2) is 42.5 Å². The normalized spacial score (nSPS) is 15.5. The largest absolute Gasteiger partial charge is 0.480 e. The van der Waals surface area contributed by atoms with Crippen molar-refractivity contribution in [1.82, 2.24) is 10.2 Å². The van der Waals surface area contributed by atoms with E-state index in [2.05, 4.69) is 37.2 Å². The number of carboxylic acid groups (broad SMARTS) is 1. The first-order valence-electron chi connectivity index (χ1n) is 13.5. The van der Waals surface area contributed by atoms with Gasteiger partial charge in [0, 0.05) is 17.6 Å². The van der Waals surface area contributed by atoms with Gasteiger partial charge in [-0.1, -0.05) is 62.4 Å². The van der Waals surface area contributed by atoms with Gasteiger partial charge in [-0.2, -0.15) is 11.8 Å². The number of rotatable bonds is 12. The number of amides is 1. The summed E-state index contributed by atoms with van der Waals surface area (Å²) in [5.74, 6) is 0.125. The second-order valence-corrected chi connectivity index (χ2v) is 12.2. The maximum atomic E-state index is 13.4. The van der Waals surface area contributed by atoms with Crippen LogP contribution in [-0.4, -0.2) is 52.5 Å². The number of nitrogens with zero attached hydrogens (tertiary/aromatic N) is 1. The molecule has 0 spiro atoms. The van der Waals surface area contributed by atoms with E-state index in [1.54, 1.807) is 11.8 Å². The highest BCUT2D eigenvalue weighted by Gasteiger charge is 2.29. The minimum Gasteiger partial charge on any atom is -0.480 e. The summed E-state index contributed by atoms with van der Waals surface area (Å²) in [4.78, 5) is 27.5. The number of carbonyl (C=O) groups excluding carboxylic acids is 1. The molecule has 0 aliphatic heterocycles. The lowest BCUT2D eigenvalue weighted by molar-refractivity contribution is -0.139. The molecule has 1 aliphatic rings. The summed E-state index contributed by atoms with van der Waals surface area (Å²) in [5.41, 5.74) is 4.66. The molecule has 5 nitrogen and oxygen atoms in total. The van der Waals surface area contributed by atoms with E-state index >= 15 is 0 Å². The number of hydrogen-bond donors (Lipinski definition) is 2. The highest BCUT2D eigenvalue weighted by atomic mass is 32.2. The van der Waals surface area contributed by atoms with Gasteiger partial charge in [0.15, 0.2) is 0 Å². The van der Waals surface area contributed by atoms with Crippen molar-refractivity contribution in [3.63, 3.8) is 0 Å². The monoisotopic (exact) mass is 524 g/mol. The van der Waals surface area contributed by atoms with Crippen LogP contribution in [0.1, 0.15) is 80.3 Å². The summed E-state index contributed by atoms with van der Waals surface area (Å²) in [7, 11) is 2.19. The van der Waals surface area contributed by atoms with Gasteiger partial charge >= 0.3 is 5.97 Å². The molecule has 2 aromatic carbocycles. The van der Waals surface area contributed by atoms with Gasteiger partial charge in [-0.05, 0) is 93.0 Å². The predicted octanol–water partition coefficient (Wildman–Crippen LogP) is 6.78. The molecule has 3 rings (SSSR count). The van der Waals surface area contributed by atoms with Crippen molar-refractivity contribution < 1.29 is 14.7 Å². The van der Waals surface area contributed by atoms with Gasteiger partial charge in [0.1, 0.15) is 6.04 Å². The molecular formula is C31H44N2O3S. The van der Waals surface area contributed by atoms with Crippen LogP contribution in [0.5, 0.6) is 0 Å². The van der Waals surface area contributed by atoms with Crippen molar-refractivity contribution in [2.75, 3.05) is 19.1 Å². The van der Waals surface area contributed by atoms with Gasteiger partial charge in [0.05, 0.1) is 0 Å². The first kappa shape index (κ1) is 29.2. The maximum absolute atomic E-state index is 13.4. The van der Waals surface area contributed by atoms with Crippen molar-refractivity contribution in [2.24, 2.45) is 5.92 Å². The molecule has 1 aliphatic carbocycles. The summed E-state index contributed by atoms with van der Waals surface area (Å²) in [6.45, 7) is 7.51. The fourth-order valence-corrected chi connectivity index (χ4v) is 5.93. The van der Waals surface area contributed by atoms with E-state index in [1.807, 2.05) is 49.6 Å². The zero-order valence-corrected chi connectivity index (χ0v) is 24.0. The van der Waals surface area contributed by atoms with Gasteiger partial charge in [0.2, 0.25) is 0 Å². The summed E-state index contributed by atoms with van der Waals surface area (Å²) < 4.78 is 0. The summed E-state index contributed by atoms with van der Waals surface area (Å²) in [6.07, 6.45) is 10.3. The molecule has 1 saturated carbocycles. The molecule has 202 valence electrons. The number of aliphatic carboxylic acids is 1. The van der Waals surface area contributed by atoms with Crippen molar-refractivity contribution in [1.29, 1.82) is 0 Å². The molecule has 1 atom stereocenters. The molecule has 0 bridgehead atoms. The van der Waals surface area contributed by atoms with Crippen LogP contribution in [0.2, 0.25) is 0 Å². The van der Waals surface area contributed by atoms with E-state index in [4.69, 9.17) is 0 Å². The van der Waals surface area contributed by atoms with E-state index in [9.17, 15) is 14.7 Å². The number of carboxylic acids is 1. The number of benzene rings is 2. The first-order valence-corrected chi connectivity index (χ1v) is 14.9. The predicted molar refractivity (Wildman–Crippen MR) is 155 cm³/mol. The fraction of sp³-hybridized carbons (Fsp3) is 0.548. The maximum Gasteiger partial charge on any atom is 0.326 e. The lowest BCUT2D eigenvalue weighted by atomic mass is 9.80. The van der Waals surface area contributed by atoms with Gasteiger partial charge < -0.3 is 10.4 Å². The standard InChI is InChI=1S/C31H44N2O3S/c1-22-11-9-10-14-25(22)27-19-24(21-33(4)31(2,3)20-23-12-7-6-8-13-23)15-16-26(27)29(34)32-28(30(35)36)17-18-37-5/h9-11,14-16,19,23,28H,6-8,12-13,17-18,20-21H2,1-5H3,(H,32,34)(H,35,36)/t28-/m0/s1. The number of hydrogen-bond acceptors (Lipinski definition) is 4. The molecule has 0 heterocycles. The molecule has 0 saturated heterocycles. The Balaban J connectivity index is 1.87. The second-order valence-electron chi connectivity index (χ2n) is 11.2. The minimum atomic E-state index is -1.00. The van der Waals surface area contributed by atoms with Crippen LogP contribution >= 0.6 is 11.8 Å². The Morgan fingerprint density at radius 3 is 2.46 bits per heavy atom. The third-order valence-corrected chi connectivity index (χ3v) is 8.59. The van der Waals surface area contributed by atoms with Crippen LogP contribution < -0.4 is 5.32 Å². The van der Waals surface area contributed by atoms with E-state index < -0.39 is 12.0 Å². The molecule has 37 heavy (non-hydrogen) atoms. The van der Waals surface area contributed by atoms with Crippen LogP contribution in [0, 0.1) is 12.8 Å². The molecule has 0 unspecified atom stereocenters. The Morgan fingerprint density at radius 2 is 1.81 bits per heavy atom. The van der Waals surface area contributed by atoms with Crippen molar-refractivity contribution >= 4 is 23.6 Å². The number of aryl methyl sites for hydroxylation is 1. The lowest BCUT2D eigenvalue weighted by Gasteiger charge is -2.39. The van der Waals surface area contributed by atoms with Crippen molar-refractivity contribution in [3.8, 4) is 11.1 Å². The third kappa shape index (κ3) is 8.08. The van der Waals surface area contributed by atoms with Gasteiger partial charge in [0.25, 0.3) is 5.91 Å². The van der Waals surface area contributed by atoms with Gasteiger partial charge in [-0.3, -0.25) is 9.69 Å². The Hall–Kier alpha value is -2.31. The summed E-state index contributed by atoms with van der Waals surface area (Å²) in [5, 5.41) is 12.4. The quantitative estimate of drug-likeness (QED) is 0.320. The molecule has 0 radical (unpaired) electrons. The smallest absolute Gasteiger partial charge is 0.326 e. The number of carbonyl (C=O) groups is 2. The number of nitrogens with one attached hydrogen (secondary N) is 1. The Kier molecular flexibility index (Phi) is 10.7. The average Bonchev–Trinajstić information content (AvgIpc) is 2.86. The van der Waals surface area contributed by atoms with E-state index in [1.165, 1.54) is 38.5 Å². The summed E-state index contributed by atoms with van der Waals surface area (Å²) in [6, 6.07) is 13.1. The summed E-state index contributed by atoms with van der Waals surface area (Å²) >= 11 is 1.57. The second kappa shape index (κ2) is 13.5. The lowest BCUT2D eigenvalue weighted by Crippen LogP contribution is -2.42. The van der Waals surface area contributed by atoms with Crippen LogP contribution in [-0.2, 0) is 11.3 Å². The Labute approximate surface area is 227 Å². The topological polar surface area (TPSA) is 69.6 Å². The van der Waals surface area contributed by atoms with Crippen molar-refractivity contribution in [3.05, 3.63) is 59.2 Å². The van der Waals surface area contributed by atoms with Crippen LogP contribution in [0.3, 0.4) is 0 Å². The Morgan fingerprint density at radius 1 is 1.11 bits per heavy atom. The molecule has 0 aromatic heterocycles. The van der Waals surface area contributed by atoms with E-state index in [-0.39, 0.29) is 11.4 Å². The zero-order chi connectivity index (χ0) is 27.0. The average molecular weight is 525 g/mol. The molecule has 6 heteroatoms. The van der Waals surface area contributed by atoms with Gasteiger partial charge in [-0.25, -0.2) is 4.79 Å². The third-order valence-electron chi connectivity index (χ3n) is 7.94. The van der Waals surface area contributed by atoms with Crippen molar-refractivity contribution in [2.45, 2.75) is 83.8 Å². The van der Waals surface area contributed by atoms with E-state index in [0.29, 0.717) is 17.7 Å². The minimum absolute atomic E-state index is 0.0763. The molecule has 1 amide bonds. The number of thioether (sulfide) groups is 1. The zero-order valence-electron chi connectivity index (χ0n) is 23.2. The van der Waals surface area contributed by atoms with Crippen LogP contribution in [0.4, 0.5) is 0 Å². The first-order chi connectivity index (χ1) is 17.6. The SMILES string of the molecule is CSCC[C@H](NC(=O)c1ccc(CN(C)C(C)(C)CC2CCCCC2)cc1-c1ccccc1C)C(=O)O. The molecular weight excluding hydrogens is 480 g/mol. The molecule has 2 N–H and O–H groups in total. The molecule has 2 aromatic rings. The Bertz CT molecular complexity index is 1060. The van der Waals surface area contributed by atoms with Gasteiger partial charge in [-0.15, -0.1) is 0 Å². The van der Waals surface area contributed by atoms with Crippen LogP contribution in [0.25, 0.3) is 11.1 Å². The fourth-order valence-electron chi connectivity index (χ4n) is 5.46. The highest BCUT2D eigenvalue weighted by Crippen LogP contribution is 2.34. The van der Waals surface area contributed by atoms with E-state index in [0.717, 1.165) is 34.7 Å². The molecule has 1 fully saturated rings. The highest BCUT2D eigenvalue weighted by molar-refractivity contribution is 7.98.